The molecule has 7 nitrogen and oxygen atoms in total. The fourth-order valence-corrected chi connectivity index (χ4v) is 2.62. The topological polar surface area (TPSA) is 75.0 Å². The zero-order valence-electron chi connectivity index (χ0n) is 13.8. The minimum atomic E-state index is -0.256. The van der Waals surface area contributed by atoms with Crippen LogP contribution < -0.4 is 4.90 Å². The Labute approximate surface area is 143 Å². The van der Waals surface area contributed by atoms with Crippen molar-refractivity contribution in [1.82, 2.24) is 29.5 Å². The third kappa shape index (κ3) is 2.82. The smallest absolute Gasteiger partial charge is 0.244 e. The van der Waals surface area contributed by atoms with Crippen LogP contribution in [-0.2, 0) is 6.42 Å². The van der Waals surface area contributed by atoms with Crippen molar-refractivity contribution in [1.29, 1.82) is 0 Å². The molecule has 3 heterocycles. The third-order valence-electron chi connectivity index (χ3n) is 3.88. The largest absolute Gasteiger partial charge is 0.346 e. The molecule has 0 unspecified atom stereocenters. The average Bonchev–Trinajstić information content (AvgIpc) is 3.25. The zero-order valence-corrected chi connectivity index (χ0v) is 13.8. The van der Waals surface area contributed by atoms with Crippen LogP contribution in [0.25, 0.3) is 17.2 Å². The van der Waals surface area contributed by atoms with E-state index in [4.69, 9.17) is 0 Å². The average molecular weight is 337 g/mol. The molecular weight excluding hydrogens is 321 g/mol. The molecule has 0 saturated carbocycles. The Kier molecular flexibility index (Phi) is 3.64. The second kappa shape index (κ2) is 5.97. The Morgan fingerprint density at radius 3 is 2.80 bits per heavy atom. The van der Waals surface area contributed by atoms with Gasteiger partial charge in [-0.25, -0.2) is 14.4 Å². The van der Waals surface area contributed by atoms with E-state index in [1.165, 1.54) is 6.07 Å². The monoisotopic (exact) mass is 337 g/mol. The molecular formula is C17H16FN7. The molecule has 0 aliphatic rings. The maximum atomic E-state index is 14.0. The minimum absolute atomic E-state index is 0.256. The molecule has 1 aromatic carbocycles. The summed E-state index contributed by atoms with van der Waals surface area (Å²) in [6.45, 7) is 0. The molecule has 0 atom stereocenters. The second-order valence-electron chi connectivity index (χ2n) is 5.88. The highest BCUT2D eigenvalue weighted by atomic mass is 19.1. The van der Waals surface area contributed by atoms with Crippen molar-refractivity contribution in [2.75, 3.05) is 19.0 Å². The molecule has 0 spiro atoms. The number of fused-ring (bicyclic) bond motifs is 1. The van der Waals surface area contributed by atoms with Crippen LogP contribution in [0, 0.1) is 5.82 Å². The highest BCUT2D eigenvalue weighted by Crippen LogP contribution is 2.20. The van der Waals surface area contributed by atoms with Gasteiger partial charge in [0.15, 0.2) is 11.5 Å². The summed E-state index contributed by atoms with van der Waals surface area (Å²) in [7, 11) is 3.73. The molecule has 4 aromatic rings. The number of hydrogen-bond donors (Lipinski definition) is 1. The van der Waals surface area contributed by atoms with Crippen molar-refractivity contribution in [3.05, 3.63) is 59.9 Å². The molecule has 0 bridgehead atoms. The van der Waals surface area contributed by atoms with Crippen LogP contribution >= 0.6 is 0 Å². The number of rotatable bonds is 4. The lowest BCUT2D eigenvalue weighted by Crippen LogP contribution is -2.10. The molecule has 0 saturated heterocycles. The first kappa shape index (κ1) is 15.3. The van der Waals surface area contributed by atoms with E-state index in [0.717, 1.165) is 0 Å². The summed E-state index contributed by atoms with van der Waals surface area (Å²) in [5.41, 5.74) is 2.57. The van der Waals surface area contributed by atoms with E-state index in [1.54, 1.807) is 23.2 Å². The Balaban J connectivity index is 1.80. The molecule has 8 heteroatoms. The SMILES string of the molecule is CN(C)c1n[nH]c(-c2cn3ccnc3c(Cc3ccccc3F)n2)n1. The fraction of sp³-hybridized carbons (Fsp3) is 0.176. The van der Waals surface area contributed by atoms with Gasteiger partial charge in [0, 0.05) is 39.1 Å². The number of nitrogens with zero attached hydrogens (tertiary/aromatic N) is 6. The molecule has 0 aliphatic heterocycles. The molecule has 25 heavy (non-hydrogen) atoms. The molecule has 4 rings (SSSR count). The standard InChI is InChI=1S/C17H16FN7/c1-24(2)17-21-15(22-23-17)14-10-25-8-7-19-16(25)13(20-14)9-11-5-3-4-6-12(11)18/h3-8,10H,9H2,1-2H3,(H,21,22,23). The van der Waals surface area contributed by atoms with Crippen LogP contribution in [0.3, 0.4) is 0 Å². The highest BCUT2D eigenvalue weighted by Gasteiger charge is 2.14. The number of nitrogens with one attached hydrogen (secondary N) is 1. The number of halogens is 1. The van der Waals surface area contributed by atoms with E-state index < -0.39 is 0 Å². The van der Waals surface area contributed by atoms with Crippen molar-refractivity contribution >= 4 is 11.6 Å². The van der Waals surface area contributed by atoms with Crippen molar-refractivity contribution in [3.8, 4) is 11.5 Å². The first-order valence-corrected chi connectivity index (χ1v) is 7.78. The Morgan fingerprint density at radius 2 is 2.04 bits per heavy atom. The third-order valence-corrected chi connectivity index (χ3v) is 3.88. The predicted molar refractivity (Wildman–Crippen MR) is 91.9 cm³/mol. The summed E-state index contributed by atoms with van der Waals surface area (Å²) < 4.78 is 15.9. The summed E-state index contributed by atoms with van der Waals surface area (Å²) >= 11 is 0. The fourth-order valence-electron chi connectivity index (χ4n) is 2.62. The van der Waals surface area contributed by atoms with Gasteiger partial charge in [-0.3, -0.25) is 5.10 Å². The van der Waals surface area contributed by atoms with Crippen LogP contribution in [-0.4, -0.2) is 43.6 Å². The van der Waals surface area contributed by atoms with Gasteiger partial charge in [0.25, 0.3) is 0 Å². The minimum Gasteiger partial charge on any atom is -0.346 e. The Morgan fingerprint density at radius 1 is 1.20 bits per heavy atom. The van der Waals surface area contributed by atoms with Crippen LogP contribution in [0.4, 0.5) is 10.3 Å². The van der Waals surface area contributed by atoms with E-state index in [-0.39, 0.29) is 5.82 Å². The first-order chi connectivity index (χ1) is 12.1. The number of imidazole rings is 1. The van der Waals surface area contributed by atoms with Crippen molar-refractivity contribution in [2.24, 2.45) is 0 Å². The van der Waals surface area contributed by atoms with Crippen LogP contribution in [0.15, 0.2) is 42.9 Å². The highest BCUT2D eigenvalue weighted by molar-refractivity contribution is 5.56. The van der Waals surface area contributed by atoms with Crippen LogP contribution in [0.5, 0.6) is 0 Å². The number of aromatic nitrogens is 6. The lowest BCUT2D eigenvalue weighted by Gasteiger charge is -2.07. The van der Waals surface area contributed by atoms with Crippen LogP contribution in [0.1, 0.15) is 11.3 Å². The lowest BCUT2D eigenvalue weighted by atomic mass is 10.1. The number of aromatic amines is 1. The van der Waals surface area contributed by atoms with Gasteiger partial charge in [-0.15, -0.1) is 5.10 Å². The van der Waals surface area contributed by atoms with E-state index in [2.05, 4.69) is 25.1 Å². The predicted octanol–water partition coefficient (Wildman–Crippen LogP) is 2.31. The molecule has 3 aromatic heterocycles. The number of anilines is 1. The van der Waals surface area contributed by atoms with Gasteiger partial charge in [0.05, 0.1) is 5.69 Å². The Hall–Kier alpha value is -3.29. The van der Waals surface area contributed by atoms with Gasteiger partial charge in [-0.05, 0) is 11.6 Å². The molecule has 1 N–H and O–H groups in total. The quantitative estimate of drug-likeness (QED) is 0.618. The maximum Gasteiger partial charge on any atom is 0.244 e. The summed E-state index contributed by atoms with van der Waals surface area (Å²) in [5, 5.41) is 7.04. The van der Waals surface area contributed by atoms with E-state index in [9.17, 15) is 4.39 Å². The summed E-state index contributed by atoms with van der Waals surface area (Å²) in [6.07, 6.45) is 5.69. The summed E-state index contributed by atoms with van der Waals surface area (Å²) in [4.78, 5) is 15.2. The normalized spacial score (nSPS) is 11.2. The van der Waals surface area contributed by atoms with Gasteiger partial charge < -0.3 is 9.30 Å². The molecule has 0 amide bonds. The lowest BCUT2D eigenvalue weighted by molar-refractivity contribution is 0.613. The van der Waals surface area contributed by atoms with Crippen molar-refractivity contribution < 1.29 is 4.39 Å². The second-order valence-corrected chi connectivity index (χ2v) is 5.88. The molecule has 0 radical (unpaired) electrons. The maximum absolute atomic E-state index is 14.0. The number of benzene rings is 1. The van der Waals surface area contributed by atoms with Crippen LogP contribution in [0.2, 0.25) is 0 Å². The zero-order chi connectivity index (χ0) is 17.4. The summed E-state index contributed by atoms with van der Waals surface area (Å²) in [6, 6.07) is 6.68. The number of hydrogen-bond acceptors (Lipinski definition) is 5. The molecule has 0 aliphatic carbocycles. The van der Waals surface area contributed by atoms with E-state index in [1.807, 2.05) is 37.0 Å². The van der Waals surface area contributed by atoms with Gasteiger partial charge in [-0.1, -0.05) is 18.2 Å². The first-order valence-electron chi connectivity index (χ1n) is 7.78. The van der Waals surface area contributed by atoms with Gasteiger partial charge in [0.2, 0.25) is 5.95 Å². The Bertz CT molecular complexity index is 1030. The van der Waals surface area contributed by atoms with E-state index in [0.29, 0.717) is 40.8 Å². The molecule has 126 valence electrons. The summed E-state index contributed by atoms with van der Waals surface area (Å²) in [5.74, 6) is 0.862. The van der Waals surface area contributed by atoms with Gasteiger partial charge >= 0.3 is 0 Å². The van der Waals surface area contributed by atoms with E-state index >= 15 is 0 Å². The molecule has 0 fully saturated rings. The number of H-pyrrole nitrogens is 1. The van der Waals surface area contributed by atoms with Crippen molar-refractivity contribution in [3.63, 3.8) is 0 Å². The van der Waals surface area contributed by atoms with Crippen molar-refractivity contribution in [2.45, 2.75) is 6.42 Å². The van der Waals surface area contributed by atoms with Gasteiger partial charge in [0.1, 0.15) is 11.5 Å². The van der Waals surface area contributed by atoms with Gasteiger partial charge in [-0.2, -0.15) is 4.98 Å².